The van der Waals surface area contributed by atoms with E-state index in [1.54, 1.807) is 11.1 Å². The molecule has 2 unspecified atom stereocenters. The average molecular weight is 135 g/mol. The lowest BCUT2D eigenvalue weighted by Gasteiger charge is -2.26. The number of hydrogen-bond donors (Lipinski definition) is 1. The van der Waals surface area contributed by atoms with Crippen LogP contribution in [-0.2, 0) is 0 Å². The fourth-order valence-corrected chi connectivity index (χ4v) is 2.58. The minimum Gasteiger partial charge on any atom is -0.304 e. The zero-order valence-electron chi connectivity index (χ0n) is 6.41. The minimum absolute atomic E-state index is 0.500. The van der Waals surface area contributed by atoms with Crippen LogP contribution in [0.25, 0.3) is 0 Å². The van der Waals surface area contributed by atoms with Crippen molar-refractivity contribution in [1.29, 1.82) is 0 Å². The maximum atomic E-state index is 3.70. The zero-order chi connectivity index (χ0) is 6.77. The number of rotatable bonds is 0. The Balaban J connectivity index is 2.10. The van der Waals surface area contributed by atoms with Crippen LogP contribution >= 0.6 is 0 Å². The van der Waals surface area contributed by atoms with Crippen LogP contribution in [0.1, 0.15) is 32.6 Å². The smallest absolute Gasteiger partial charge is 0.0325 e. The second-order valence-corrected chi connectivity index (χ2v) is 4.27. The van der Waals surface area contributed by atoms with Crippen LogP contribution in [0.5, 0.6) is 0 Å². The second kappa shape index (κ2) is 1.33. The predicted octanol–water partition coefficient (Wildman–Crippen LogP) is 1.60. The largest absolute Gasteiger partial charge is 0.304 e. The summed E-state index contributed by atoms with van der Waals surface area (Å²) in [7, 11) is 0. The van der Waals surface area contributed by atoms with Crippen LogP contribution in [0, 0.1) is 0 Å². The van der Waals surface area contributed by atoms with E-state index < -0.39 is 0 Å². The van der Waals surface area contributed by atoms with E-state index in [1.165, 1.54) is 25.7 Å². The summed E-state index contributed by atoms with van der Waals surface area (Å²) in [6, 6.07) is 0.816. The molecule has 54 valence electrons. The van der Waals surface area contributed by atoms with Crippen molar-refractivity contribution in [2.45, 2.75) is 44.2 Å². The Morgan fingerprint density at radius 2 is 2.50 bits per heavy atom. The van der Waals surface area contributed by atoms with Crippen molar-refractivity contribution < 1.29 is 0 Å². The maximum Gasteiger partial charge on any atom is 0.0325 e. The summed E-state index contributed by atoms with van der Waals surface area (Å²) in [6.07, 6.45) is 5.47. The Morgan fingerprint density at radius 1 is 1.60 bits per heavy atom. The van der Waals surface area contributed by atoms with E-state index in [0.29, 0.717) is 5.54 Å². The Kier molecular flexibility index (Phi) is 0.713. The third-order valence-electron chi connectivity index (χ3n) is 3.24. The summed E-state index contributed by atoms with van der Waals surface area (Å²) < 4.78 is 0. The van der Waals surface area contributed by atoms with Crippen molar-refractivity contribution in [3.8, 4) is 0 Å². The molecular weight excluding hydrogens is 122 g/mol. The van der Waals surface area contributed by atoms with E-state index in [-0.39, 0.29) is 0 Å². The molecule has 0 spiro atoms. The molecule has 2 atom stereocenters. The fourth-order valence-electron chi connectivity index (χ4n) is 2.58. The molecule has 2 saturated carbocycles. The van der Waals surface area contributed by atoms with Crippen LogP contribution < -0.4 is 5.32 Å². The molecule has 0 aromatic rings. The summed E-state index contributed by atoms with van der Waals surface area (Å²) in [5.74, 6) is 0. The highest BCUT2D eigenvalue weighted by Crippen LogP contribution is 2.49. The molecule has 2 aliphatic carbocycles. The first-order chi connectivity index (χ1) is 4.77. The van der Waals surface area contributed by atoms with Gasteiger partial charge in [0, 0.05) is 11.6 Å². The Bertz CT molecular complexity index is 229. The van der Waals surface area contributed by atoms with Gasteiger partial charge in [-0.1, -0.05) is 11.1 Å². The summed E-state index contributed by atoms with van der Waals surface area (Å²) in [5.41, 5.74) is 4.06. The van der Waals surface area contributed by atoms with E-state index in [2.05, 4.69) is 12.2 Å². The highest BCUT2D eigenvalue weighted by molar-refractivity contribution is 5.42. The van der Waals surface area contributed by atoms with Crippen molar-refractivity contribution in [3.63, 3.8) is 0 Å². The molecule has 1 N–H and O–H groups in total. The van der Waals surface area contributed by atoms with E-state index in [0.717, 1.165) is 6.04 Å². The van der Waals surface area contributed by atoms with Gasteiger partial charge in [0.1, 0.15) is 0 Å². The molecule has 10 heavy (non-hydrogen) atoms. The van der Waals surface area contributed by atoms with Gasteiger partial charge in [0.05, 0.1) is 0 Å². The van der Waals surface area contributed by atoms with Crippen LogP contribution in [0.4, 0.5) is 0 Å². The number of fused-ring (bicyclic) bond motifs is 3. The molecule has 0 aromatic heterocycles. The fraction of sp³-hybridized carbons (Fsp3) is 0.778. The van der Waals surface area contributed by atoms with Gasteiger partial charge in [0.25, 0.3) is 0 Å². The standard InChI is InChI=1S/C9H13N/c1-9-3-2-6(5-9)7-4-8(7)10-9/h8,10H,2-5H2,1H3. The first-order valence-corrected chi connectivity index (χ1v) is 4.25. The van der Waals surface area contributed by atoms with Gasteiger partial charge >= 0.3 is 0 Å². The Labute approximate surface area is 61.5 Å². The third-order valence-corrected chi connectivity index (χ3v) is 3.24. The lowest BCUT2D eigenvalue weighted by atomic mass is 9.98. The van der Waals surface area contributed by atoms with E-state index >= 15 is 0 Å². The molecule has 3 aliphatic rings. The van der Waals surface area contributed by atoms with Gasteiger partial charge in [0.2, 0.25) is 0 Å². The topological polar surface area (TPSA) is 12.0 Å². The molecule has 0 aromatic carbocycles. The molecule has 0 amide bonds. The number of hydrogen-bond acceptors (Lipinski definition) is 1. The highest BCUT2D eigenvalue weighted by atomic mass is 15.1. The van der Waals surface area contributed by atoms with Crippen LogP contribution in [0.2, 0.25) is 0 Å². The van der Waals surface area contributed by atoms with Crippen molar-refractivity contribution in [2.75, 3.05) is 0 Å². The van der Waals surface area contributed by atoms with Crippen molar-refractivity contribution >= 4 is 0 Å². The molecule has 1 heteroatoms. The van der Waals surface area contributed by atoms with Crippen LogP contribution in [0.15, 0.2) is 11.1 Å². The van der Waals surface area contributed by atoms with Gasteiger partial charge in [-0.2, -0.15) is 0 Å². The quantitative estimate of drug-likeness (QED) is 0.497. The average Bonchev–Trinajstić information content (AvgIpc) is 2.53. The van der Waals surface area contributed by atoms with Crippen LogP contribution in [0.3, 0.4) is 0 Å². The van der Waals surface area contributed by atoms with Crippen LogP contribution in [-0.4, -0.2) is 11.6 Å². The molecule has 1 heterocycles. The number of nitrogens with one attached hydrogen (secondary N) is 1. The van der Waals surface area contributed by atoms with Crippen molar-refractivity contribution in [1.82, 2.24) is 5.32 Å². The Morgan fingerprint density at radius 3 is 3.40 bits per heavy atom. The van der Waals surface area contributed by atoms with Gasteiger partial charge in [-0.3, -0.25) is 0 Å². The predicted molar refractivity (Wildman–Crippen MR) is 40.8 cm³/mol. The van der Waals surface area contributed by atoms with Crippen molar-refractivity contribution in [3.05, 3.63) is 11.1 Å². The van der Waals surface area contributed by atoms with Gasteiger partial charge in [-0.25, -0.2) is 0 Å². The molecule has 0 saturated heterocycles. The zero-order valence-corrected chi connectivity index (χ0v) is 6.41. The molecule has 2 bridgehead atoms. The van der Waals surface area contributed by atoms with Gasteiger partial charge in [-0.05, 0) is 32.6 Å². The van der Waals surface area contributed by atoms with E-state index in [1.807, 2.05) is 0 Å². The lowest BCUT2D eigenvalue weighted by molar-refractivity contribution is 0.366. The second-order valence-electron chi connectivity index (χ2n) is 4.27. The summed E-state index contributed by atoms with van der Waals surface area (Å²) in [4.78, 5) is 0. The maximum absolute atomic E-state index is 3.70. The molecule has 2 fully saturated rings. The summed E-state index contributed by atoms with van der Waals surface area (Å²) >= 11 is 0. The van der Waals surface area contributed by atoms with Gasteiger partial charge < -0.3 is 5.32 Å². The first-order valence-electron chi connectivity index (χ1n) is 4.25. The SMILES string of the molecule is CC12CCC(=C3CC3N1)C2. The molecule has 1 nitrogen and oxygen atoms in total. The minimum atomic E-state index is 0.500. The molecule has 1 aliphatic heterocycles. The molecular formula is C9H13N. The normalized spacial score (nSPS) is 49.5. The molecule has 0 radical (unpaired) electrons. The molecule has 3 rings (SSSR count). The summed E-state index contributed by atoms with van der Waals surface area (Å²) in [6.45, 7) is 2.37. The highest BCUT2D eigenvalue weighted by Gasteiger charge is 2.47. The van der Waals surface area contributed by atoms with Gasteiger partial charge in [-0.15, -0.1) is 0 Å². The van der Waals surface area contributed by atoms with Gasteiger partial charge in [0.15, 0.2) is 0 Å². The summed E-state index contributed by atoms with van der Waals surface area (Å²) in [5, 5.41) is 3.70. The monoisotopic (exact) mass is 135 g/mol. The lowest BCUT2D eigenvalue weighted by Crippen LogP contribution is -2.42. The van der Waals surface area contributed by atoms with E-state index in [4.69, 9.17) is 0 Å². The van der Waals surface area contributed by atoms with E-state index in [9.17, 15) is 0 Å². The van der Waals surface area contributed by atoms with Crippen molar-refractivity contribution in [2.24, 2.45) is 0 Å². The first kappa shape index (κ1) is 5.36. The Hall–Kier alpha value is -0.300. The third kappa shape index (κ3) is 0.523.